The van der Waals surface area contributed by atoms with Crippen LogP contribution in [-0.2, 0) is 9.59 Å². The molecule has 9 nitrogen and oxygen atoms in total. The normalized spacial score (nSPS) is 25.0. The van der Waals surface area contributed by atoms with Gasteiger partial charge in [0.05, 0.1) is 40.1 Å². The highest BCUT2D eigenvalue weighted by Crippen LogP contribution is 2.47. The van der Waals surface area contributed by atoms with Gasteiger partial charge in [-0.1, -0.05) is 23.7 Å². The molecule has 2 aromatic rings. The highest BCUT2D eigenvalue weighted by Gasteiger charge is 2.63. The van der Waals surface area contributed by atoms with Gasteiger partial charge < -0.3 is 4.90 Å². The van der Waals surface area contributed by atoms with Crippen LogP contribution >= 0.6 is 11.6 Å². The van der Waals surface area contributed by atoms with Gasteiger partial charge in [0.25, 0.3) is 5.69 Å². The van der Waals surface area contributed by atoms with E-state index >= 15 is 0 Å². The zero-order chi connectivity index (χ0) is 24.1. The van der Waals surface area contributed by atoms with E-state index in [0.717, 1.165) is 11.0 Å². The monoisotopic (exact) mass is 474 g/mol. The van der Waals surface area contributed by atoms with Gasteiger partial charge in [-0.05, 0) is 36.4 Å². The van der Waals surface area contributed by atoms with Crippen LogP contribution in [0.1, 0.15) is 10.4 Å². The smallest absolute Gasteiger partial charge is 0.270 e. The number of nitriles is 1. The maximum atomic E-state index is 13.6. The molecule has 10 heteroatoms. The molecule has 168 valence electrons. The molecule has 2 fully saturated rings. The van der Waals surface area contributed by atoms with Crippen molar-refractivity contribution < 1.29 is 19.3 Å². The second kappa shape index (κ2) is 7.93. The second-order valence-corrected chi connectivity index (χ2v) is 8.58. The first-order valence-corrected chi connectivity index (χ1v) is 10.7. The van der Waals surface area contributed by atoms with Gasteiger partial charge in [-0.3, -0.25) is 24.5 Å². The number of nitro groups is 1. The van der Waals surface area contributed by atoms with E-state index in [1.54, 1.807) is 35.2 Å². The molecule has 2 aromatic carbocycles. The number of benzene rings is 2. The number of ketones is 1. The number of fused-ring (bicyclic) bond motifs is 3. The Balaban J connectivity index is 1.60. The lowest BCUT2D eigenvalue weighted by Crippen LogP contribution is -2.46. The van der Waals surface area contributed by atoms with Gasteiger partial charge >= 0.3 is 0 Å². The number of hydrogen-bond donors (Lipinski definition) is 0. The van der Waals surface area contributed by atoms with Crippen LogP contribution in [0.4, 0.5) is 11.4 Å². The van der Waals surface area contributed by atoms with E-state index in [9.17, 15) is 29.8 Å². The molecule has 0 bridgehead atoms. The number of amides is 2. The van der Waals surface area contributed by atoms with Gasteiger partial charge in [0.15, 0.2) is 5.78 Å². The molecule has 3 aliphatic rings. The van der Waals surface area contributed by atoms with Crippen molar-refractivity contribution in [2.45, 2.75) is 12.1 Å². The fourth-order valence-corrected chi connectivity index (χ4v) is 5.04. The first-order chi connectivity index (χ1) is 16.3. The number of imide groups is 1. The van der Waals surface area contributed by atoms with Crippen molar-refractivity contribution in [3.63, 3.8) is 0 Å². The predicted molar refractivity (Wildman–Crippen MR) is 121 cm³/mol. The molecule has 3 heterocycles. The number of nitrogens with zero attached hydrogens (tertiary/aromatic N) is 4. The van der Waals surface area contributed by atoms with Crippen molar-refractivity contribution in [2.24, 2.45) is 11.8 Å². The Morgan fingerprint density at radius 1 is 1.09 bits per heavy atom. The van der Waals surface area contributed by atoms with E-state index in [1.807, 2.05) is 6.07 Å². The minimum absolute atomic E-state index is 0.0623. The Morgan fingerprint density at radius 3 is 2.47 bits per heavy atom. The summed E-state index contributed by atoms with van der Waals surface area (Å²) in [5.74, 6) is -3.47. The lowest BCUT2D eigenvalue weighted by molar-refractivity contribution is -0.384. The molecule has 0 aromatic heterocycles. The zero-order valence-electron chi connectivity index (χ0n) is 17.4. The zero-order valence-corrected chi connectivity index (χ0v) is 18.1. The second-order valence-electron chi connectivity index (χ2n) is 8.14. The molecule has 0 spiro atoms. The van der Waals surface area contributed by atoms with E-state index in [0.29, 0.717) is 16.3 Å². The van der Waals surface area contributed by atoms with E-state index in [4.69, 9.17) is 11.6 Å². The van der Waals surface area contributed by atoms with Crippen LogP contribution in [0.5, 0.6) is 0 Å². The highest BCUT2D eigenvalue weighted by molar-refractivity contribution is 6.31. The fraction of sp³-hybridized carbons (Fsp3) is 0.167. The summed E-state index contributed by atoms with van der Waals surface area (Å²) in [5.41, 5.74) is 0.452. The third kappa shape index (κ3) is 3.19. The van der Waals surface area contributed by atoms with Crippen molar-refractivity contribution in [3.8, 4) is 6.07 Å². The van der Waals surface area contributed by atoms with Crippen molar-refractivity contribution in [1.82, 2.24) is 4.90 Å². The Labute approximate surface area is 198 Å². The van der Waals surface area contributed by atoms with Crippen LogP contribution in [0.25, 0.3) is 0 Å². The number of allylic oxidation sites excluding steroid dienone is 2. The molecular weight excluding hydrogens is 460 g/mol. The highest BCUT2D eigenvalue weighted by atomic mass is 35.5. The summed E-state index contributed by atoms with van der Waals surface area (Å²) in [4.78, 5) is 54.0. The summed E-state index contributed by atoms with van der Waals surface area (Å²) in [6.45, 7) is 0. The Morgan fingerprint density at radius 2 is 1.79 bits per heavy atom. The van der Waals surface area contributed by atoms with Crippen molar-refractivity contribution in [3.05, 3.63) is 93.2 Å². The van der Waals surface area contributed by atoms with Crippen molar-refractivity contribution in [2.75, 3.05) is 4.90 Å². The Kier molecular flexibility index (Phi) is 5.03. The third-order valence-electron chi connectivity index (χ3n) is 6.37. The van der Waals surface area contributed by atoms with Crippen LogP contribution in [0.2, 0.25) is 5.02 Å². The molecular formula is C24H15ClN4O5. The molecule has 3 aliphatic heterocycles. The number of anilines is 1. The summed E-state index contributed by atoms with van der Waals surface area (Å²) in [5, 5.41) is 21.0. The predicted octanol–water partition coefficient (Wildman–Crippen LogP) is 3.27. The largest absolute Gasteiger partial charge is 0.359 e. The van der Waals surface area contributed by atoms with Crippen molar-refractivity contribution in [1.29, 1.82) is 5.26 Å². The van der Waals surface area contributed by atoms with E-state index < -0.39 is 46.4 Å². The van der Waals surface area contributed by atoms with Gasteiger partial charge in [0.1, 0.15) is 6.04 Å². The minimum Gasteiger partial charge on any atom is -0.359 e. The number of Topliss-reactive ketones (excluding diaryl/α,β-unsaturated/α-hetero) is 1. The lowest BCUT2D eigenvalue weighted by atomic mass is 9.86. The SMILES string of the molecule is N#CC1=C[C@@H]2[C@H]3C(=O)N(c4ccc(Cl)cc4)C(=O)[C@H]3[C@H](C(=O)c3cccc([N+](=O)[O-])c3)N2C=C1. The molecule has 0 unspecified atom stereocenters. The lowest BCUT2D eigenvalue weighted by Gasteiger charge is -2.32. The average molecular weight is 475 g/mol. The maximum absolute atomic E-state index is 13.6. The summed E-state index contributed by atoms with van der Waals surface area (Å²) in [7, 11) is 0. The number of halogens is 1. The first-order valence-electron chi connectivity index (χ1n) is 10.3. The summed E-state index contributed by atoms with van der Waals surface area (Å²) >= 11 is 5.94. The number of hydrogen-bond acceptors (Lipinski definition) is 7. The molecule has 0 aliphatic carbocycles. The van der Waals surface area contributed by atoms with Gasteiger partial charge in [-0.15, -0.1) is 0 Å². The van der Waals surface area contributed by atoms with Gasteiger partial charge in [0, 0.05) is 28.9 Å². The maximum Gasteiger partial charge on any atom is 0.270 e. The third-order valence-corrected chi connectivity index (χ3v) is 6.62. The topological polar surface area (TPSA) is 125 Å². The molecule has 0 radical (unpaired) electrons. The molecule has 34 heavy (non-hydrogen) atoms. The van der Waals surface area contributed by atoms with Crippen LogP contribution in [0.3, 0.4) is 0 Å². The molecule has 5 rings (SSSR count). The van der Waals surface area contributed by atoms with E-state index in [2.05, 4.69) is 0 Å². The van der Waals surface area contributed by atoms with Crippen LogP contribution in [-0.4, -0.2) is 39.5 Å². The molecule has 0 saturated carbocycles. The number of rotatable bonds is 4. The quantitative estimate of drug-likeness (QED) is 0.288. The molecule has 2 saturated heterocycles. The number of nitro benzene ring substituents is 1. The fourth-order valence-electron chi connectivity index (χ4n) is 4.91. The average Bonchev–Trinajstić information content (AvgIpc) is 3.31. The molecule has 4 atom stereocenters. The van der Waals surface area contributed by atoms with Crippen LogP contribution in [0.15, 0.2) is 72.5 Å². The summed E-state index contributed by atoms with van der Waals surface area (Å²) in [6.07, 6.45) is 4.63. The van der Waals surface area contributed by atoms with Gasteiger partial charge in [-0.2, -0.15) is 5.26 Å². The summed E-state index contributed by atoms with van der Waals surface area (Å²) < 4.78 is 0. The van der Waals surface area contributed by atoms with Crippen LogP contribution in [0, 0.1) is 33.3 Å². The summed E-state index contributed by atoms with van der Waals surface area (Å²) in [6, 6.07) is 11.8. The Bertz CT molecular complexity index is 1360. The molecule has 2 amide bonds. The number of carbonyl (C=O) groups is 3. The number of carbonyl (C=O) groups excluding carboxylic acids is 3. The van der Waals surface area contributed by atoms with Gasteiger partial charge in [-0.25, -0.2) is 4.90 Å². The van der Waals surface area contributed by atoms with Crippen molar-refractivity contribution >= 4 is 40.6 Å². The van der Waals surface area contributed by atoms with E-state index in [1.165, 1.54) is 30.5 Å². The van der Waals surface area contributed by atoms with Crippen LogP contribution < -0.4 is 4.90 Å². The first kappa shape index (κ1) is 21.6. The minimum atomic E-state index is -1.07. The van der Waals surface area contributed by atoms with Gasteiger partial charge in [0.2, 0.25) is 11.8 Å². The molecule has 0 N–H and O–H groups in total. The standard InChI is InChI=1S/C24H15ClN4O5/c25-15-4-6-16(7-5-15)28-23(31)19-18-10-13(12-26)8-9-27(18)21(20(19)24(28)32)22(30)14-2-1-3-17(11-14)29(33)34/h1-11,18-21H/t18-,19-,20-,21-/m1/s1. The number of non-ortho nitro benzene ring substituents is 1. The van der Waals surface area contributed by atoms with E-state index in [-0.39, 0.29) is 11.3 Å². The Hall–Kier alpha value is -4.29.